The molecule has 0 unspecified atom stereocenters. The van der Waals surface area contributed by atoms with Crippen molar-refractivity contribution in [3.05, 3.63) is 415 Å². The van der Waals surface area contributed by atoms with Gasteiger partial charge in [-0.3, -0.25) is 12.1 Å². The van der Waals surface area contributed by atoms with Gasteiger partial charge in [0.05, 0.1) is 26.4 Å². The second kappa shape index (κ2) is 49.3. The summed E-state index contributed by atoms with van der Waals surface area (Å²) in [7, 11) is -62.4. The zero-order valence-electron chi connectivity index (χ0n) is 75.4. The molecule has 56 heteroatoms. The van der Waals surface area contributed by atoms with E-state index in [4.69, 9.17) is 0 Å². The van der Waals surface area contributed by atoms with E-state index in [0.717, 1.165) is 21.9 Å². The van der Waals surface area contributed by atoms with Gasteiger partial charge in [0.2, 0.25) is 10.3 Å². The summed E-state index contributed by atoms with van der Waals surface area (Å²) in [6.45, 7) is 15.3. The van der Waals surface area contributed by atoms with Crippen LogP contribution in [0.25, 0.3) is 67.3 Å². The lowest BCUT2D eigenvalue weighted by molar-refractivity contribution is 0.344. The Bertz CT molecular complexity index is 8430. The van der Waals surface area contributed by atoms with Crippen molar-refractivity contribution in [3.8, 4) is 0 Å². The lowest BCUT2D eigenvalue weighted by atomic mass is 10.1. The average Bonchev–Trinajstić information content (AvgIpc) is 1.60. The first-order valence-corrected chi connectivity index (χ1v) is 62.0. The third-order valence-corrected chi connectivity index (χ3v) is 42.2. The van der Waals surface area contributed by atoms with Gasteiger partial charge < -0.3 is 33.6 Å². The molecule has 0 fully saturated rings. The van der Waals surface area contributed by atoms with Crippen molar-refractivity contribution in [3.63, 3.8) is 0 Å². The molecule has 144 heavy (non-hydrogen) atoms. The Labute approximate surface area is 838 Å². The summed E-state index contributed by atoms with van der Waals surface area (Å²) in [5, 5.41) is 3.09. The molecule has 3 heterocycles. The summed E-state index contributed by atoms with van der Waals surface area (Å²) >= 11 is 0. The number of hydrogen-bond acceptors (Lipinski definition) is 31. The topological polar surface area (TPSA) is 644 Å². The number of sulfonamides is 12. The molecule has 14 aromatic rings. The van der Waals surface area contributed by atoms with Crippen molar-refractivity contribution >= 4 is 185 Å². The van der Waals surface area contributed by atoms with E-state index in [9.17, 15) is 126 Å². The van der Waals surface area contributed by atoms with Gasteiger partial charge in [-0.1, -0.05) is 226 Å². The predicted molar refractivity (Wildman–Crippen MR) is 543 cm³/mol. The number of fused-ring (bicyclic) bond motifs is 3. The lowest BCUT2D eigenvalue weighted by Gasteiger charge is -2.21. The third kappa shape index (κ3) is 34.1. The summed E-state index contributed by atoms with van der Waals surface area (Å²) in [5.41, 5.74) is 3.17. The Balaban J connectivity index is 0.000000204. The van der Waals surface area contributed by atoms with Gasteiger partial charge in [0.15, 0.2) is 20.4 Å². The first-order valence-electron chi connectivity index (χ1n) is 40.4. The minimum absolute atomic E-state index is 0.123. The normalized spacial score (nSPS) is 13.2. The van der Waals surface area contributed by atoms with E-state index in [1.807, 2.05) is 24.3 Å². The smallest absolute Gasteiger partial charge is 0.202 e. The van der Waals surface area contributed by atoms with Crippen LogP contribution in [0.1, 0.15) is 43.0 Å². The Hall–Kier alpha value is -11.9. The fraction of sp³-hybridized carbons (Fsp3) is 0.0909. The van der Waals surface area contributed by atoms with E-state index in [-0.39, 0.29) is 72.8 Å². The molecule has 0 saturated heterocycles. The van der Waals surface area contributed by atoms with Gasteiger partial charge in [-0.25, -0.2) is 126 Å². The highest BCUT2D eigenvalue weighted by molar-refractivity contribution is 8.15. The number of aromatic nitrogens is 2. The predicted octanol–water partition coefficient (Wildman–Crippen LogP) is 15.5. The second-order valence-electron chi connectivity index (χ2n) is 28.5. The minimum atomic E-state index is -4.40. The van der Waals surface area contributed by atoms with E-state index in [1.54, 1.807) is 124 Å². The Kier molecular flexibility index (Phi) is 40.2. The third-order valence-electron chi connectivity index (χ3n) is 18.0. The van der Waals surface area contributed by atoms with Crippen molar-refractivity contribution in [1.82, 2.24) is 7.94 Å². The van der Waals surface area contributed by atoms with Gasteiger partial charge in [0.1, 0.15) is 110 Å². The van der Waals surface area contributed by atoms with E-state index < -0.39 is 151 Å². The SMILES string of the molecule is C=Cc1ccc(S(=O)(=O)[N-]S(=O)(=O)c2ccc(C=C)cc2)cc1.CCOS(=O)(=O)[N-]S(=O)(=O)c1ccccc1.CCS(=O)(=O)[N-]S(=O)(=O)c1ccccc1.CC[N-]S(=O)(=O)c1ccccc1.Cc1ccc(S(=O)(=O)[N-]S(=O)(=O)c2ccc(C)cc2)cc1.O=S(=O)([N-]S(=O)(=O)c1ccc2ccccc2c1)c1ccc2ccccc2c1.O=S(=O)([N-]S(=O)(=O)n1cccc1)n1cccc1.O=S1(=O)[N-]S(=O)(=O)c2ccccc21. The molecule has 15 rings (SSSR count). The summed E-state index contributed by atoms with van der Waals surface area (Å²) < 4.78 is 381. The standard InChI is InChI=1S/C20H14NO4S2.C16H14NO4S2.C14H14NO4S2.C8H8N3O4S2.C8H10NO5S2.C8H10NO4S2.C8H10NO2S.C6H4NO4S2/c22-26(23,19-11-9-15-5-1-3-7-17(15)13-19)21-27(24,25)20-12-10-16-6-2-4-8-18(16)14-20;1-3-13-5-9-15(10-6-13)22(18,19)17-23(20,21)16-11-7-14(4-2)8-12-16;1-11-3-7-13(8-4-11)20(16,17)15-21(18,19)14-9-5-12(2)6-10-14;12-16(13,10-5-1-2-6-10)9-17(14,15)11-7-3-4-8-11;1-2-14-16(12,13)9-15(10,11)8-6-4-3-5-7-8;1-2-14(10,11)9-15(12,13)8-6-4-3-5-7-8;1-2-9-12(10,11)8-6-4-3-5-7-8;8-12(9)5-3-1-2-4-6(5)13(10,11)7-12/h1-14H;3-12H,1-2H2;3-10H,1-2H3;1-8H;3-7H,2H2,1H3;3-7H,2H2,1H3;3-7H,2H2,1H3;1-4H/q8*-1. The van der Waals surface area contributed by atoms with Crippen molar-refractivity contribution in [2.24, 2.45) is 0 Å². The maximum atomic E-state index is 12.6. The van der Waals surface area contributed by atoms with Crippen LogP contribution in [0.4, 0.5) is 0 Å². The van der Waals surface area contributed by atoms with Crippen LogP contribution in [0.3, 0.4) is 0 Å². The second-order valence-corrected chi connectivity index (χ2v) is 53.9. The minimum Gasteiger partial charge on any atom is -0.545 e. The molecule has 1 aliphatic heterocycles. The summed E-state index contributed by atoms with van der Waals surface area (Å²) in [5.74, 6) is -0.334. The van der Waals surface area contributed by atoms with Crippen LogP contribution in [0.15, 0.2) is 413 Å². The van der Waals surface area contributed by atoms with Gasteiger partial charge in [0.25, 0.3) is 0 Å². The highest BCUT2D eigenvalue weighted by Gasteiger charge is 2.27. The van der Waals surface area contributed by atoms with Crippen LogP contribution in [-0.2, 0) is 155 Å². The summed E-state index contributed by atoms with van der Waals surface area (Å²) in [6.07, 6.45) is 7.89. The zero-order chi connectivity index (χ0) is 107. The van der Waals surface area contributed by atoms with Crippen LogP contribution in [-0.4, -0.2) is 153 Å². The molecular weight excluding hydrogens is 2170 g/mol. The number of rotatable bonds is 30. The van der Waals surface area contributed by atoms with Gasteiger partial charge >= 0.3 is 0 Å². The van der Waals surface area contributed by atoms with E-state index >= 15 is 0 Å². The Morgan fingerprint density at radius 1 is 0.285 bits per heavy atom. The molecule has 0 amide bonds. The molecule has 0 spiro atoms. The van der Waals surface area contributed by atoms with Crippen molar-refractivity contribution in [2.45, 2.75) is 88.5 Å². The molecule has 2 aromatic heterocycles. The van der Waals surface area contributed by atoms with Crippen LogP contribution >= 0.6 is 0 Å². The number of hydrogen-bond donors (Lipinski definition) is 0. The molecule has 0 atom stereocenters. The Morgan fingerprint density at radius 2 is 0.542 bits per heavy atom. The van der Waals surface area contributed by atoms with Crippen LogP contribution in [0, 0.1) is 13.8 Å². The Morgan fingerprint density at radius 3 is 0.840 bits per heavy atom. The fourth-order valence-electron chi connectivity index (χ4n) is 11.1. The summed E-state index contributed by atoms with van der Waals surface area (Å²) in [4.78, 5) is -1.57. The van der Waals surface area contributed by atoms with Crippen molar-refractivity contribution in [2.75, 3.05) is 18.9 Å². The maximum absolute atomic E-state index is 12.6. The lowest BCUT2D eigenvalue weighted by Crippen LogP contribution is -2.17. The van der Waals surface area contributed by atoms with Gasteiger partial charge in [-0.15, -0.1) is 6.54 Å². The quantitative estimate of drug-likeness (QED) is 0.0403. The molecule has 0 saturated carbocycles. The summed E-state index contributed by atoms with van der Waals surface area (Å²) in [6, 6.07) is 79.7. The monoisotopic (exact) mass is 2260 g/mol. The first kappa shape index (κ1) is 117. The maximum Gasteiger partial charge on any atom is 0.202 e. The highest BCUT2D eigenvalue weighted by Crippen LogP contribution is 2.39. The van der Waals surface area contributed by atoms with Gasteiger partial charge in [-0.05, 0) is 199 Å². The average molecular weight is 2260 g/mol. The van der Waals surface area contributed by atoms with E-state index in [0.29, 0.717) is 29.8 Å². The van der Waals surface area contributed by atoms with E-state index in [1.165, 1.54) is 245 Å². The molecule has 0 N–H and O–H groups in total. The number of nitrogens with zero attached hydrogens (tertiary/aromatic N) is 10. The zero-order valence-corrected chi connectivity index (χ0v) is 87.6. The van der Waals surface area contributed by atoms with Gasteiger partial charge in [-0.2, -0.15) is 0 Å². The van der Waals surface area contributed by atoms with Crippen molar-refractivity contribution < 1.29 is 130 Å². The molecule has 0 radical (unpaired) electrons. The molecule has 0 aliphatic carbocycles. The molecular formula is C88H84N10O31S15-8. The molecule has 1 aliphatic rings. The van der Waals surface area contributed by atoms with E-state index in [2.05, 4.69) is 51.0 Å². The van der Waals surface area contributed by atoms with Gasteiger partial charge in [0, 0.05) is 74.6 Å². The molecule has 41 nitrogen and oxygen atoms in total. The fourth-order valence-corrected chi connectivity index (χ4v) is 30.9. The van der Waals surface area contributed by atoms with Crippen LogP contribution in [0.5, 0.6) is 0 Å². The molecule has 0 bridgehead atoms. The largest absolute Gasteiger partial charge is 0.545 e. The molecule has 12 aromatic carbocycles. The van der Waals surface area contributed by atoms with Crippen LogP contribution < -0.4 is 0 Å². The molecule has 770 valence electrons. The van der Waals surface area contributed by atoms with Crippen molar-refractivity contribution in [1.29, 1.82) is 0 Å². The van der Waals surface area contributed by atoms with Crippen LogP contribution in [0.2, 0.25) is 0 Å². The number of aryl methyl sites for hydroxylation is 2. The first-order chi connectivity index (χ1) is 67.1. The number of benzene rings is 12. The highest BCUT2D eigenvalue weighted by atomic mass is 32.3.